The molecule has 1 aliphatic rings. The van der Waals surface area contributed by atoms with Gasteiger partial charge in [-0.3, -0.25) is 24.5 Å². The molecule has 10 nitrogen and oxygen atoms in total. The zero-order valence-corrected chi connectivity index (χ0v) is 14.1. The Hall–Kier alpha value is -3.01. The van der Waals surface area contributed by atoms with Gasteiger partial charge in [-0.25, -0.2) is 0 Å². The number of carboxylic acids is 1. The molecule has 1 saturated heterocycles. The van der Waals surface area contributed by atoms with Crippen LogP contribution in [0, 0.1) is 17.0 Å². The number of nitrogens with zero attached hydrogens (tertiary/aromatic N) is 2. The largest absolute Gasteiger partial charge is 0.481 e. The second-order valence-corrected chi connectivity index (χ2v) is 5.87. The lowest BCUT2D eigenvalue weighted by Gasteiger charge is -2.32. The molecule has 1 aliphatic heterocycles. The average molecular weight is 365 g/mol. The highest BCUT2D eigenvalue weighted by Gasteiger charge is 2.26. The van der Waals surface area contributed by atoms with Crippen molar-refractivity contribution in [1.29, 1.82) is 0 Å². The lowest BCUT2D eigenvalue weighted by molar-refractivity contribution is -0.385. The average Bonchev–Trinajstić information content (AvgIpc) is 2.58. The zero-order valence-electron chi connectivity index (χ0n) is 14.1. The molecule has 10 heteroatoms. The summed E-state index contributed by atoms with van der Waals surface area (Å²) >= 11 is 0. The van der Waals surface area contributed by atoms with Gasteiger partial charge >= 0.3 is 5.97 Å². The van der Waals surface area contributed by atoms with Crippen LogP contribution in [0.25, 0.3) is 0 Å². The summed E-state index contributed by atoms with van der Waals surface area (Å²) in [7, 11) is 0. The minimum Gasteiger partial charge on any atom is -0.481 e. The topological polar surface area (TPSA) is 139 Å². The number of hydrogen-bond acceptors (Lipinski definition) is 6. The van der Waals surface area contributed by atoms with Gasteiger partial charge in [0.2, 0.25) is 5.91 Å². The maximum absolute atomic E-state index is 12.2. The fourth-order valence-electron chi connectivity index (χ4n) is 2.64. The Morgan fingerprint density at radius 2 is 2.15 bits per heavy atom. The number of carboxylic acid groups (broad SMARTS) is 1. The van der Waals surface area contributed by atoms with Crippen LogP contribution in [0.5, 0.6) is 0 Å². The van der Waals surface area contributed by atoms with Gasteiger partial charge < -0.3 is 20.1 Å². The summed E-state index contributed by atoms with van der Waals surface area (Å²) in [6.45, 7) is 1.98. The van der Waals surface area contributed by atoms with Gasteiger partial charge in [0.1, 0.15) is 0 Å². The van der Waals surface area contributed by atoms with Crippen LogP contribution in [0.4, 0.5) is 5.69 Å². The highest BCUT2D eigenvalue weighted by atomic mass is 16.6. The predicted molar refractivity (Wildman–Crippen MR) is 88.7 cm³/mol. The lowest BCUT2D eigenvalue weighted by Crippen LogP contribution is -2.49. The van der Waals surface area contributed by atoms with Gasteiger partial charge in [0.05, 0.1) is 30.6 Å². The van der Waals surface area contributed by atoms with Crippen molar-refractivity contribution in [1.82, 2.24) is 10.2 Å². The molecule has 26 heavy (non-hydrogen) atoms. The van der Waals surface area contributed by atoms with E-state index in [1.54, 1.807) is 0 Å². The van der Waals surface area contributed by atoms with Gasteiger partial charge in [-0.05, 0) is 19.1 Å². The molecule has 1 unspecified atom stereocenters. The standard InChI is InChI=1S/C16H19N3O7/c1-10-6-11(2-3-13(10)19(24)25)16(23)17-8-14(20)18-4-5-26-12(9-18)7-15(21)22/h2-3,6,12H,4-5,7-9H2,1H3,(H,17,23)(H,21,22). The monoisotopic (exact) mass is 365 g/mol. The van der Waals surface area contributed by atoms with Crippen molar-refractivity contribution >= 4 is 23.5 Å². The first-order valence-electron chi connectivity index (χ1n) is 7.92. The van der Waals surface area contributed by atoms with Crippen molar-refractivity contribution in [2.45, 2.75) is 19.4 Å². The van der Waals surface area contributed by atoms with Gasteiger partial charge in [0, 0.05) is 30.3 Å². The Labute approximate surface area is 148 Å². The Balaban J connectivity index is 1.90. The summed E-state index contributed by atoms with van der Waals surface area (Å²) in [6, 6.07) is 3.95. The van der Waals surface area contributed by atoms with Crippen LogP contribution < -0.4 is 5.32 Å². The second-order valence-electron chi connectivity index (χ2n) is 5.87. The third kappa shape index (κ3) is 4.99. The molecule has 0 spiro atoms. The number of rotatable bonds is 6. The van der Waals surface area contributed by atoms with Gasteiger partial charge in [0.25, 0.3) is 11.6 Å². The van der Waals surface area contributed by atoms with Gasteiger partial charge in [-0.2, -0.15) is 0 Å². The Kier molecular flexibility index (Phi) is 6.23. The molecule has 1 heterocycles. The van der Waals surface area contributed by atoms with Crippen LogP contribution >= 0.6 is 0 Å². The fraction of sp³-hybridized carbons (Fsp3) is 0.438. The molecule has 140 valence electrons. The SMILES string of the molecule is Cc1cc(C(=O)NCC(=O)N2CCOC(CC(=O)O)C2)ccc1[N+](=O)[O-]. The number of amides is 2. The van der Waals surface area contributed by atoms with Crippen LogP contribution in [-0.2, 0) is 14.3 Å². The summed E-state index contributed by atoms with van der Waals surface area (Å²) in [6.07, 6.45) is -0.767. The van der Waals surface area contributed by atoms with Crippen molar-refractivity contribution in [3.63, 3.8) is 0 Å². The minimum atomic E-state index is -1.01. The first-order valence-corrected chi connectivity index (χ1v) is 7.92. The highest BCUT2D eigenvalue weighted by Crippen LogP contribution is 2.18. The number of hydrogen-bond donors (Lipinski definition) is 2. The van der Waals surface area contributed by atoms with E-state index in [-0.39, 0.29) is 43.3 Å². The Morgan fingerprint density at radius 3 is 2.77 bits per heavy atom. The number of carbonyl (C=O) groups is 3. The number of ether oxygens (including phenoxy) is 1. The molecule has 0 saturated carbocycles. The quantitative estimate of drug-likeness (QED) is 0.547. The van der Waals surface area contributed by atoms with E-state index >= 15 is 0 Å². The molecule has 0 bridgehead atoms. The molecule has 2 rings (SSSR count). The molecule has 1 atom stereocenters. The van der Waals surface area contributed by atoms with E-state index in [2.05, 4.69) is 5.32 Å². The van der Waals surface area contributed by atoms with Crippen LogP contribution in [0.2, 0.25) is 0 Å². The molecule has 1 fully saturated rings. The number of benzene rings is 1. The van der Waals surface area contributed by atoms with E-state index in [0.717, 1.165) is 0 Å². The minimum absolute atomic E-state index is 0.0876. The first-order chi connectivity index (χ1) is 12.3. The molecule has 2 N–H and O–H groups in total. The maximum atomic E-state index is 12.2. The molecular formula is C16H19N3O7. The molecule has 0 aromatic heterocycles. The zero-order chi connectivity index (χ0) is 19.3. The first kappa shape index (κ1) is 19.3. The second kappa shape index (κ2) is 8.39. The lowest BCUT2D eigenvalue weighted by atomic mass is 10.1. The predicted octanol–water partition coefficient (Wildman–Crippen LogP) is 0.335. The van der Waals surface area contributed by atoms with Crippen molar-refractivity contribution in [2.75, 3.05) is 26.2 Å². The van der Waals surface area contributed by atoms with E-state index in [0.29, 0.717) is 12.1 Å². The molecule has 0 aliphatic carbocycles. The number of morpholine rings is 1. The smallest absolute Gasteiger partial charge is 0.306 e. The van der Waals surface area contributed by atoms with Crippen molar-refractivity contribution < 1.29 is 29.2 Å². The van der Waals surface area contributed by atoms with Gasteiger partial charge in [-0.1, -0.05) is 0 Å². The van der Waals surface area contributed by atoms with Gasteiger partial charge in [0.15, 0.2) is 0 Å². The number of aryl methyl sites for hydroxylation is 1. The highest BCUT2D eigenvalue weighted by molar-refractivity contribution is 5.96. The van der Waals surface area contributed by atoms with E-state index in [4.69, 9.17) is 9.84 Å². The van der Waals surface area contributed by atoms with E-state index in [9.17, 15) is 24.5 Å². The molecular weight excluding hydrogens is 346 g/mol. The number of nitrogens with one attached hydrogen (secondary N) is 1. The van der Waals surface area contributed by atoms with E-state index in [1.807, 2.05) is 0 Å². The summed E-state index contributed by atoms with van der Waals surface area (Å²) in [4.78, 5) is 46.7. The Bertz CT molecular complexity index is 735. The number of nitro groups is 1. The fourth-order valence-corrected chi connectivity index (χ4v) is 2.64. The molecule has 2 amide bonds. The van der Waals surface area contributed by atoms with Crippen LogP contribution in [0.3, 0.4) is 0 Å². The van der Waals surface area contributed by atoms with E-state index < -0.39 is 22.9 Å². The summed E-state index contributed by atoms with van der Waals surface area (Å²) in [5.41, 5.74) is 0.473. The van der Waals surface area contributed by atoms with Crippen LogP contribution in [0.1, 0.15) is 22.3 Å². The molecule has 1 aromatic rings. The summed E-state index contributed by atoms with van der Waals surface area (Å²) in [5, 5.41) is 22.1. The normalized spacial score (nSPS) is 16.8. The van der Waals surface area contributed by atoms with Crippen LogP contribution in [-0.4, -0.2) is 65.1 Å². The van der Waals surface area contributed by atoms with Crippen LogP contribution in [0.15, 0.2) is 18.2 Å². The number of aliphatic carboxylic acids is 1. The van der Waals surface area contributed by atoms with Crippen molar-refractivity contribution in [2.24, 2.45) is 0 Å². The molecule has 1 aromatic carbocycles. The van der Waals surface area contributed by atoms with Gasteiger partial charge in [-0.15, -0.1) is 0 Å². The van der Waals surface area contributed by atoms with Crippen molar-refractivity contribution in [3.8, 4) is 0 Å². The summed E-state index contributed by atoms with van der Waals surface area (Å²) in [5.74, 6) is -1.88. The third-order valence-corrected chi connectivity index (χ3v) is 3.95. The van der Waals surface area contributed by atoms with E-state index in [1.165, 1.54) is 30.0 Å². The third-order valence-electron chi connectivity index (χ3n) is 3.95. The number of nitro benzene ring substituents is 1. The Morgan fingerprint density at radius 1 is 1.42 bits per heavy atom. The number of carbonyl (C=O) groups excluding carboxylic acids is 2. The summed E-state index contributed by atoms with van der Waals surface area (Å²) < 4.78 is 5.29. The van der Waals surface area contributed by atoms with Crippen molar-refractivity contribution in [3.05, 3.63) is 39.4 Å². The molecule has 0 radical (unpaired) electrons. The maximum Gasteiger partial charge on any atom is 0.306 e.